The monoisotopic (exact) mass is 739 g/mol. The van der Waals surface area contributed by atoms with E-state index < -0.39 is 72.2 Å². The number of halogens is 2. The summed E-state index contributed by atoms with van der Waals surface area (Å²) >= 11 is 0. The number of carboxylic acid groups (broad SMARTS) is 1. The Morgan fingerprint density at radius 1 is 0.906 bits per heavy atom. The number of aromatic carboxylic acids is 1. The molecule has 0 bridgehead atoms. The van der Waals surface area contributed by atoms with Gasteiger partial charge in [0, 0.05) is 25.1 Å². The molecule has 1 aliphatic carbocycles. The number of hydrogen-bond acceptors (Lipinski definition) is 6. The smallest absolute Gasteiger partial charge is 0.335 e. The number of nitrogens with zero attached hydrogens (tertiary/aromatic N) is 1. The second-order valence-corrected chi connectivity index (χ2v) is 16.0. The van der Waals surface area contributed by atoms with Crippen molar-refractivity contribution in [3.8, 4) is 0 Å². The van der Waals surface area contributed by atoms with Crippen LogP contribution in [0.5, 0.6) is 0 Å². The molecule has 1 saturated carbocycles. The van der Waals surface area contributed by atoms with Crippen molar-refractivity contribution in [2.24, 2.45) is 28.6 Å². The number of hydrogen-bond donors (Lipinski definition) is 5. The molecule has 1 saturated heterocycles. The van der Waals surface area contributed by atoms with Crippen molar-refractivity contribution in [1.29, 1.82) is 0 Å². The van der Waals surface area contributed by atoms with Gasteiger partial charge < -0.3 is 31.3 Å². The van der Waals surface area contributed by atoms with Crippen molar-refractivity contribution in [3.05, 3.63) is 71.3 Å². The molecule has 0 spiro atoms. The van der Waals surface area contributed by atoms with Gasteiger partial charge in [-0.3, -0.25) is 19.2 Å². The molecule has 2 fully saturated rings. The van der Waals surface area contributed by atoms with Gasteiger partial charge in [-0.2, -0.15) is 0 Å². The van der Waals surface area contributed by atoms with Gasteiger partial charge in [-0.25, -0.2) is 18.4 Å². The molecule has 0 unspecified atom stereocenters. The molecule has 12 nitrogen and oxygen atoms in total. The van der Waals surface area contributed by atoms with Crippen LogP contribution in [0, 0.1) is 28.6 Å². The molecule has 14 heteroatoms. The van der Waals surface area contributed by atoms with Crippen LogP contribution in [0.1, 0.15) is 81.2 Å². The summed E-state index contributed by atoms with van der Waals surface area (Å²) < 4.78 is 27.4. The Labute approximate surface area is 308 Å². The molecular formula is C39H51F2N5O7. The van der Waals surface area contributed by atoms with Gasteiger partial charge >= 0.3 is 12.0 Å². The van der Waals surface area contributed by atoms with E-state index in [0.717, 1.165) is 0 Å². The SMILES string of the molecule is CC(C)[C@H](NC(=O)N[C@H](C(=O)N1C[C@H]2[C@@H]([C@H]1C(=O)N[C@@H](CC(F)F)C(=O)NCCc1ccc(C(=O)O)cc1)C2(C)C)C(C)(C)C)C(=O)c1ccccc1. The molecule has 288 valence electrons. The summed E-state index contributed by atoms with van der Waals surface area (Å²) in [5.41, 5.74) is 0.0557. The lowest BCUT2D eigenvalue weighted by atomic mass is 9.85. The molecule has 4 rings (SSSR count). The van der Waals surface area contributed by atoms with Crippen LogP contribution >= 0.6 is 0 Å². The molecule has 2 aliphatic rings. The number of likely N-dealkylation sites (tertiary alicyclic amines) is 1. The molecule has 1 aliphatic heterocycles. The van der Waals surface area contributed by atoms with Crippen molar-refractivity contribution < 1.29 is 42.7 Å². The summed E-state index contributed by atoms with van der Waals surface area (Å²) in [4.78, 5) is 80.6. The summed E-state index contributed by atoms with van der Waals surface area (Å²) in [5, 5.41) is 19.6. The molecule has 53 heavy (non-hydrogen) atoms. The molecule has 0 radical (unpaired) electrons. The Morgan fingerprint density at radius 3 is 2.08 bits per heavy atom. The highest BCUT2D eigenvalue weighted by Crippen LogP contribution is 2.65. The number of amides is 5. The predicted octanol–water partition coefficient (Wildman–Crippen LogP) is 4.29. The van der Waals surface area contributed by atoms with Crippen molar-refractivity contribution in [1.82, 2.24) is 26.2 Å². The number of urea groups is 1. The van der Waals surface area contributed by atoms with E-state index in [1.807, 2.05) is 13.8 Å². The number of carbonyl (C=O) groups excluding carboxylic acids is 5. The van der Waals surface area contributed by atoms with Gasteiger partial charge in [0.2, 0.25) is 24.1 Å². The number of carbonyl (C=O) groups is 6. The van der Waals surface area contributed by atoms with Gasteiger partial charge in [-0.1, -0.05) is 90.9 Å². The second kappa shape index (κ2) is 16.4. The van der Waals surface area contributed by atoms with Gasteiger partial charge in [0.05, 0.1) is 11.6 Å². The first-order chi connectivity index (χ1) is 24.7. The van der Waals surface area contributed by atoms with Gasteiger partial charge in [-0.15, -0.1) is 0 Å². The molecule has 0 aromatic heterocycles. The molecule has 2 aromatic carbocycles. The summed E-state index contributed by atoms with van der Waals surface area (Å²) in [6.07, 6.45) is -3.58. The average molecular weight is 740 g/mol. The van der Waals surface area contributed by atoms with Crippen molar-refractivity contribution in [3.63, 3.8) is 0 Å². The summed E-state index contributed by atoms with van der Waals surface area (Å²) in [5.74, 6) is -4.13. The highest BCUT2D eigenvalue weighted by Gasteiger charge is 2.70. The molecule has 1 heterocycles. The number of carboxylic acids is 1. The van der Waals surface area contributed by atoms with E-state index in [-0.39, 0.29) is 54.0 Å². The lowest BCUT2D eigenvalue weighted by Crippen LogP contribution is -2.62. The predicted molar refractivity (Wildman–Crippen MR) is 193 cm³/mol. The lowest BCUT2D eigenvalue weighted by molar-refractivity contribution is -0.144. The first-order valence-electron chi connectivity index (χ1n) is 17.9. The molecule has 6 atom stereocenters. The number of alkyl halides is 2. The van der Waals surface area contributed by atoms with E-state index in [4.69, 9.17) is 5.11 Å². The van der Waals surface area contributed by atoms with Crippen LogP contribution in [0.25, 0.3) is 0 Å². The summed E-state index contributed by atoms with van der Waals surface area (Å²) in [6, 6.07) is 9.12. The van der Waals surface area contributed by atoms with E-state index in [0.29, 0.717) is 11.1 Å². The van der Waals surface area contributed by atoms with Gasteiger partial charge in [0.1, 0.15) is 18.1 Å². The lowest BCUT2D eigenvalue weighted by Gasteiger charge is -2.38. The second-order valence-electron chi connectivity index (χ2n) is 16.0. The largest absolute Gasteiger partial charge is 0.478 e. The number of piperidine rings is 1. The van der Waals surface area contributed by atoms with Crippen molar-refractivity contribution in [2.45, 2.75) is 91.9 Å². The van der Waals surface area contributed by atoms with Gasteiger partial charge in [0.25, 0.3) is 0 Å². The van der Waals surface area contributed by atoms with Crippen molar-refractivity contribution >= 4 is 35.5 Å². The molecule has 5 amide bonds. The third kappa shape index (κ3) is 9.76. The minimum atomic E-state index is -2.92. The minimum Gasteiger partial charge on any atom is -0.478 e. The first-order valence-corrected chi connectivity index (χ1v) is 17.9. The van der Waals surface area contributed by atoms with Crippen LogP contribution in [0.15, 0.2) is 54.6 Å². The number of rotatable bonds is 15. The zero-order valence-electron chi connectivity index (χ0n) is 31.2. The topological polar surface area (TPSA) is 174 Å². The number of fused-ring (bicyclic) bond motifs is 1. The van der Waals surface area contributed by atoms with E-state index in [1.165, 1.54) is 17.0 Å². The van der Waals surface area contributed by atoms with Gasteiger partial charge in [0.15, 0.2) is 5.78 Å². The average Bonchev–Trinajstić information content (AvgIpc) is 3.38. The fraction of sp³-hybridized carbons (Fsp3) is 0.538. The number of Topliss-reactive ketones (excluding diaryl/α,β-unsaturated/α-hetero) is 1. The van der Waals surface area contributed by atoms with E-state index in [2.05, 4.69) is 21.3 Å². The van der Waals surface area contributed by atoms with E-state index in [9.17, 15) is 37.5 Å². The standard InChI is InChI=1S/C39H51F2N5O7/c1-21(2)29(31(47)23-11-9-8-10-12-23)44-37(53)45-32(38(3,4)5)35(50)46-20-25-28(39(25,6)7)30(46)34(49)43-26(19-27(40)41)33(48)42-18-17-22-13-15-24(16-14-22)36(51)52/h8-16,21,25-30,32H,17-20H2,1-7H3,(H,42,48)(H,43,49)(H,51,52)(H2,44,45,53)/t25-,26-,28-,29-,30-,32+/m0/s1. The number of nitrogens with one attached hydrogen (secondary N) is 4. The third-order valence-electron chi connectivity index (χ3n) is 10.4. The summed E-state index contributed by atoms with van der Waals surface area (Å²) in [6.45, 7) is 13.0. The number of ketones is 1. The van der Waals surface area contributed by atoms with Crippen LogP contribution in [0.4, 0.5) is 13.6 Å². The third-order valence-corrected chi connectivity index (χ3v) is 10.4. The van der Waals surface area contributed by atoms with Crippen LogP contribution in [-0.2, 0) is 20.8 Å². The highest BCUT2D eigenvalue weighted by atomic mass is 19.3. The van der Waals surface area contributed by atoms with Gasteiger partial charge in [-0.05, 0) is 52.7 Å². The van der Waals surface area contributed by atoms with E-state index >= 15 is 0 Å². The maximum absolute atomic E-state index is 14.3. The molecule has 5 N–H and O–H groups in total. The summed E-state index contributed by atoms with van der Waals surface area (Å²) in [7, 11) is 0. The first kappa shape index (κ1) is 40.9. The Bertz CT molecular complexity index is 1680. The zero-order chi connectivity index (χ0) is 39.4. The number of benzene rings is 2. The fourth-order valence-electron chi connectivity index (χ4n) is 7.19. The quantitative estimate of drug-likeness (QED) is 0.170. The molecule has 2 aromatic rings. The maximum atomic E-state index is 14.3. The van der Waals surface area contributed by atoms with Crippen molar-refractivity contribution in [2.75, 3.05) is 13.1 Å². The Balaban J connectivity index is 1.48. The minimum absolute atomic E-state index is 0.0439. The molecular weight excluding hydrogens is 688 g/mol. The van der Waals surface area contributed by atoms with E-state index in [1.54, 1.807) is 77.1 Å². The van der Waals surface area contributed by atoms with Crippen LogP contribution in [-0.4, -0.2) is 89.2 Å². The normalized spacial score (nSPS) is 20.5. The van der Waals surface area contributed by atoms with Crippen LogP contribution in [0.2, 0.25) is 0 Å². The Kier molecular flexibility index (Phi) is 12.7. The highest BCUT2D eigenvalue weighted by molar-refractivity contribution is 6.02. The van der Waals surface area contributed by atoms with Crippen LogP contribution < -0.4 is 21.3 Å². The fourth-order valence-corrected chi connectivity index (χ4v) is 7.19. The maximum Gasteiger partial charge on any atom is 0.335 e. The Morgan fingerprint density at radius 2 is 1.53 bits per heavy atom. The zero-order valence-corrected chi connectivity index (χ0v) is 31.2. The van der Waals surface area contributed by atoms with Crippen LogP contribution in [0.3, 0.4) is 0 Å². The Hall–Kier alpha value is -4.88.